The van der Waals surface area contributed by atoms with E-state index in [1.165, 1.54) is 12.4 Å². The molecule has 4 N–H and O–H groups in total. The van der Waals surface area contributed by atoms with Gasteiger partial charge in [-0.05, 0) is 73.5 Å². The lowest BCUT2D eigenvalue weighted by Gasteiger charge is -2.11. The van der Waals surface area contributed by atoms with Crippen LogP contribution in [0.4, 0.5) is 43.7 Å². The van der Waals surface area contributed by atoms with Crippen molar-refractivity contribution in [3.05, 3.63) is 90.1 Å². The van der Waals surface area contributed by atoms with E-state index < -0.39 is 6.03 Å². The van der Waals surface area contributed by atoms with Gasteiger partial charge in [0.15, 0.2) is 0 Å². The molecule has 33 heavy (non-hydrogen) atoms. The summed E-state index contributed by atoms with van der Waals surface area (Å²) in [6, 6.07) is 16.8. The highest BCUT2D eigenvalue weighted by molar-refractivity contribution is 5.99. The molecule has 0 aliphatic carbocycles. The summed E-state index contributed by atoms with van der Waals surface area (Å²) in [5.41, 5.74) is 3.35. The van der Waals surface area contributed by atoms with Gasteiger partial charge in [0.2, 0.25) is 0 Å². The normalized spacial score (nSPS) is 10.4. The number of carbonyl (C=O) groups is 1. The highest BCUT2D eigenvalue weighted by Gasteiger charge is 2.06. The Hall–Kier alpha value is -4.53. The van der Waals surface area contributed by atoms with Crippen molar-refractivity contribution in [1.29, 1.82) is 0 Å². The molecule has 4 rings (SSSR count). The third-order valence-electron chi connectivity index (χ3n) is 4.68. The van der Waals surface area contributed by atoms with Crippen molar-refractivity contribution in [3.63, 3.8) is 0 Å². The van der Waals surface area contributed by atoms with E-state index >= 15 is 0 Å². The second-order valence-corrected chi connectivity index (χ2v) is 7.38. The number of aryl methyl sites for hydroxylation is 2. The standard InChI is InChI=1S/C24H22FN7O/c1-15-9-10-26-21(11-15)32-23-13-22(27-14-28-23)29-17-5-7-18(8-6-17)30-24(33)31-19-4-3-16(2)20(25)12-19/h3-14H,1-2H3,(H2,30,31,33)(H2,26,27,28,29,32). The van der Waals surface area contributed by atoms with Crippen molar-refractivity contribution in [1.82, 2.24) is 15.0 Å². The summed E-state index contributed by atoms with van der Waals surface area (Å²) < 4.78 is 13.6. The minimum atomic E-state index is -0.463. The summed E-state index contributed by atoms with van der Waals surface area (Å²) in [5.74, 6) is 1.52. The SMILES string of the molecule is Cc1ccnc(Nc2cc(Nc3ccc(NC(=O)Nc4ccc(C)c(F)c4)cc3)ncn2)c1. The van der Waals surface area contributed by atoms with Crippen molar-refractivity contribution >= 4 is 40.5 Å². The van der Waals surface area contributed by atoms with Crippen molar-refractivity contribution in [2.45, 2.75) is 13.8 Å². The van der Waals surface area contributed by atoms with Gasteiger partial charge in [-0.25, -0.2) is 24.1 Å². The molecule has 0 unspecified atom stereocenters. The fraction of sp³-hybridized carbons (Fsp3) is 0.0833. The number of urea groups is 1. The quantitative estimate of drug-likeness (QED) is 0.302. The van der Waals surface area contributed by atoms with E-state index in [0.717, 1.165) is 11.3 Å². The Morgan fingerprint density at radius 1 is 0.727 bits per heavy atom. The lowest BCUT2D eigenvalue weighted by atomic mass is 10.2. The van der Waals surface area contributed by atoms with Gasteiger partial charge < -0.3 is 21.3 Å². The molecular formula is C24H22FN7O. The molecule has 0 bridgehead atoms. The number of pyridine rings is 1. The molecule has 4 aromatic rings. The third kappa shape index (κ3) is 6.01. The van der Waals surface area contributed by atoms with Crippen LogP contribution in [0.1, 0.15) is 11.1 Å². The van der Waals surface area contributed by atoms with E-state index in [1.54, 1.807) is 55.6 Å². The molecule has 0 spiro atoms. The molecule has 2 amide bonds. The van der Waals surface area contributed by atoms with Crippen molar-refractivity contribution < 1.29 is 9.18 Å². The van der Waals surface area contributed by atoms with Crippen LogP contribution in [0, 0.1) is 19.7 Å². The van der Waals surface area contributed by atoms with Crippen molar-refractivity contribution in [2.24, 2.45) is 0 Å². The number of nitrogens with one attached hydrogen (secondary N) is 4. The number of aromatic nitrogens is 3. The van der Waals surface area contributed by atoms with Crippen molar-refractivity contribution in [3.8, 4) is 0 Å². The first kappa shape index (κ1) is 21.7. The Morgan fingerprint density at radius 2 is 1.36 bits per heavy atom. The summed E-state index contributed by atoms with van der Waals surface area (Å²) >= 11 is 0. The van der Waals surface area contributed by atoms with E-state index in [2.05, 4.69) is 36.2 Å². The largest absolute Gasteiger partial charge is 0.340 e. The molecule has 0 fully saturated rings. The lowest BCUT2D eigenvalue weighted by molar-refractivity contribution is 0.262. The number of hydrogen-bond donors (Lipinski definition) is 4. The molecule has 8 nitrogen and oxygen atoms in total. The number of rotatable bonds is 6. The third-order valence-corrected chi connectivity index (χ3v) is 4.68. The number of nitrogens with zero attached hydrogens (tertiary/aromatic N) is 3. The fourth-order valence-electron chi connectivity index (χ4n) is 2.98. The van der Waals surface area contributed by atoms with Crippen LogP contribution in [0.15, 0.2) is 73.2 Å². The molecule has 2 heterocycles. The average molecular weight is 443 g/mol. The van der Waals surface area contributed by atoms with Gasteiger partial charge in [0, 0.05) is 29.3 Å². The van der Waals surface area contributed by atoms with E-state index in [4.69, 9.17) is 0 Å². The molecule has 166 valence electrons. The van der Waals surface area contributed by atoms with Gasteiger partial charge in [0.25, 0.3) is 0 Å². The van der Waals surface area contributed by atoms with E-state index in [-0.39, 0.29) is 5.82 Å². The molecular weight excluding hydrogens is 421 g/mol. The zero-order chi connectivity index (χ0) is 23.2. The van der Waals surface area contributed by atoms with Crippen LogP contribution in [0.5, 0.6) is 0 Å². The summed E-state index contributed by atoms with van der Waals surface area (Å²) in [5, 5.41) is 11.7. The van der Waals surface area contributed by atoms with Gasteiger partial charge in [-0.2, -0.15) is 0 Å². The van der Waals surface area contributed by atoms with Crippen LogP contribution in [-0.4, -0.2) is 21.0 Å². The zero-order valence-electron chi connectivity index (χ0n) is 18.1. The lowest BCUT2D eigenvalue weighted by Crippen LogP contribution is -2.19. The first-order chi connectivity index (χ1) is 15.9. The molecule has 0 saturated carbocycles. The second-order valence-electron chi connectivity index (χ2n) is 7.38. The zero-order valence-corrected chi connectivity index (χ0v) is 18.1. The predicted molar refractivity (Wildman–Crippen MR) is 128 cm³/mol. The number of amides is 2. The van der Waals surface area contributed by atoms with Gasteiger partial charge in [-0.1, -0.05) is 6.07 Å². The van der Waals surface area contributed by atoms with Crippen LogP contribution >= 0.6 is 0 Å². The number of anilines is 6. The molecule has 2 aromatic carbocycles. The number of hydrogen-bond acceptors (Lipinski definition) is 6. The topological polar surface area (TPSA) is 104 Å². The monoisotopic (exact) mass is 443 g/mol. The van der Waals surface area contributed by atoms with E-state index in [1.807, 2.05) is 19.1 Å². The molecule has 0 atom stereocenters. The number of halogens is 1. The first-order valence-corrected chi connectivity index (χ1v) is 10.2. The second kappa shape index (κ2) is 9.73. The van der Waals surface area contributed by atoms with Crippen LogP contribution in [0.3, 0.4) is 0 Å². The minimum Gasteiger partial charge on any atom is -0.340 e. The summed E-state index contributed by atoms with van der Waals surface area (Å²) in [4.78, 5) is 24.9. The Morgan fingerprint density at radius 3 is 2.09 bits per heavy atom. The highest BCUT2D eigenvalue weighted by atomic mass is 19.1. The number of carbonyl (C=O) groups excluding carboxylic acids is 1. The molecule has 9 heteroatoms. The van der Waals surface area contributed by atoms with Gasteiger partial charge in [-0.3, -0.25) is 0 Å². The maximum atomic E-state index is 13.6. The molecule has 2 aromatic heterocycles. The Kier molecular flexibility index (Phi) is 6.40. The van der Waals surface area contributed by atoms with Gasteiger partial charge in [0.1, 0.15) is 29.6 Å². The predicted octanol–water partition coefficient (Wildman–Crippen LogP) is 5.76. The van der Waals surface area contributed by atoms with Crippen LogP contribution in [0.25, 0.3) is 0 Å². The van der Waals surface area contributed by atoms with Crippen LogP contribution in [0.2, 0.25) is 0 Å². The maximum Gasteiger partial charge on any atom is 0.323 e. The van der Waals surface area contributed by atoms with Crippen LogP contribution in [-0.2, 0) is 0 Å². The van der Waals surface area contributed by atoms with Crippen molar-refractivity contribution in [2.75, 3.05) is 21.3 Å². The van der Waals surface area contributed by atoms with E-state index in [0.29, 0.717) is 34.4 Å². The van der Waals surface area contributed by atoms with Gasteiger partial charge >= 0.3 is 6.03 Å². The van der Waals surface area contributed by atoms with E-state index in [9.17, 15) is 9.18 Å². The summed E-state index contributed by atoms with van der Waals surface area (Å²) in [6.45, 7) is 3.65. The van der Waals surface area contributed by atoms with Gasteiger partial charge in [-0.15, -0.1) is 0 Å². The average Bonchev–Trinajstić information content (AvgIpc) is 2.78. The molecule has 0 radical (unpaired) electrons. The number of benzene rings is 2. The molecule has 0 saturated heterocycles. The Labute approximate surface area is 190 Å². The first-order valence-electron chi connectivity index (χ1n) is 10.2. The smallest absolute Gasteiger partial charge is 0.323 e. The minimum absolute atomic E-state index is 0.374. The van der Waals surface area contributed by atoms with Gasteiger partial charge in [0.05, 0.1) is 0 Å². The highest BCUT2D eigenvalue weighted by Crippen LogP contribution is 2.21. The maximum absolute atomic E-state index is 13.6. The Balaban J connectivity index is 1.35. The molecule has 0 aliphatic heterocycles. The Bertz CT molecular complexity index is 1280. The summed E-state index contributed by atoms with van der Waals surface area (Å²) in [7, 11) is 0. The molecule has 0 aliphatic rings. The summed E-state index contributed by atoms with van der Waals surface area (Å²) in [6.07, 6.45) is 3.18. The fourth-order valence-corrected chi connectivity index (χ4v) is 2.98. The van der Waals surface area contributed by atoms with Crippen LogP contribution < -0.4 is 21.3 Å².